The van der Waals surface area contributed by atoms with Crippen LogP contribution in [0.2, 0.25) is 0 Å². The van der Waals surface area contributed by atoms with E-state index in [9.17, 15) is 9.90 Å². The van der Waals surface area contributed by atoms with Crippen LogP contribution in [0, 0.1) is 0 Å². The smallest absolute Gasteiger partial charge is 0.256 e. The summed E-state index contributed by atoms with van der Waals surface area (Å²) in [7, 11) is 0. The van der Waals surface area contributed by atoms with E-state index in [4.69, 9.17) is 4.74 Å². The Hall–Kier alpha value is -2.25. The molecule has 27 heavy (non-hydrogen) atoms. The van der Waals surface area contributed by atoms with Crippen molar-refractivity contribution in [1.82, 2.24) is 19.7 Å². The number of carbonyl (C=O) groups is 1. The minimum Gasteiger partial charge on any atom is -0.393 e. The first-order valence-corrected chi connectivity index (χ1v) is 9.69. The molecule has 0 radical (unpaired) electrons. The number of hydrogen-bond acceptors (Lipinski definition) is 5. The van der Waals surface area contributed by atoms with Crippen molar-refractivity contribution in [3.63, 3.8) is 0 Å². The van der Waals surface area contributed by atoms with Gasteiger partial charge in [-0.15, -0.1) is 0 Å². The number of hydrogen-bond donors (Lipinski definition) is 1. The monoisotopic (exact) mass is 370 g/mol. The lowest BCUT2D eigenvalue weighted by molar-refractivity contribution is -0.179. The maximum absolute atomic E-state index is 13.1. The normalized spacial score (nSPS) is 24.9. The second-order valence-electron chi connectivity index (χ2n) is 7.57. The van der Waals surface area contributed by atoms with Crippen molar-refractivity contribution in [3.8, 4) is 5.69 Å². The number of carbonyl (C=O) groups excluding carboxylic acids is 1. The maximum atomic E-state index is 13.1. The fourth-order valence-corrected chi connectivity index (χ4v) is 4.31. The topological polar surface area (TPSA) is 80.5 Å². The van der Waals surface area contributed by atoms with Gasteiger partial charge >= 0.3 is 0 Å². The largest absolute Gasteiger partial charge is 0.393 e. The molecular formula is C20H26N4O3. The van der Waals surface area contributed by atoms with Gasteiger partial charge in [-0.05, 0) is 37.8 Å². The van der Waals surface area contributed by atoms with Crippen LogP contribution >= 0.6 is 0 Å². The molecule has 2 saturated heterocycles. The van der Waals surface area contributed by atoms with Crippen LogP contribution in [0.5, 0.6) is 0 Å². The van der Waals surface area contributed by atoms with E-state index >= 15 is 0 Å². The molecule has 0 aliphatic carbocycles. The SMILES string of the molecule is CC[C@H]1C[C@@H](O)CC2(CCN(C(=O)c3ccccc3-n3cncn3)CC2)O1. The third-order valence-electron chi connectivity index (χ3n) is 5.78. The van der Waals surface area contributed by atoms with Gasteiger partial charge in [0.25, 0.3) is 5.91 Å². The molecule has 7 heteroatoms. The number of amides is 1. The lowest BCUT2D eigenvalue weighted by Gasteiger charge is -2.47. The molecule has 2 fully saturated rings. The molecule has 2 aliphatic heterocycles. The van der Waals surface area contributed by atoms with Crippen LogP contribution in [0.25, 0.3) is 5.69 Å². The molecule has 1 N–H and O–H groups in total. The molecule has 0 unspecified atom stereocenters. The molecule has 1 aromatic carbocycles. The second-order valence-corrected chi connectivity index (χ2v) is 7.57. The van der Waals surface area contributed by atoms with E-state index in [2.05, 4.69) is 17.0 Å². The van der Waals surface area contributed by atoms with E-state index in [0.717, 1.165) is 24.9 Å². The first-order valence-electron chi connectivity index (χ1n) is 9.69. The van der Waals surface area contributed by atoms with Crippen molar-refractivity contribution >= 4 is 5.91 Å². The van der Waals surface area contributed by atoms with Gasteiger partial charge in [0, 0.05) is 19.5 Å². The minimum absolute atomic E-state index is 0.000602. The van der Waals surface area contributed by atoms with Crippen LogP contribution in [-0.4, -0.2) is 61.6 Å². The number of ether oxygens (including phenoxy) is 1. The molecule has 4 rings (SSSR count). The standard InChI is InChI=1S/C20H26N4O3/c1-2-16-11-15(25)12-20(27-16)7-9-23(10-8-20)19(26)17-5-3-4-6-18(17)24-14-21-13-22-24/h3-6,13-16,25H,2,7-12H2,1H3/t15-,16+/m1/s1. The highest BCUT2D eigenvalue weighted by Crippen LogP contribution is 2.38. The maximum Gasteiger partial charge on any atom is 0.256 e. The number of aliphatic hydroxyl groups excluding tert-OH is 1. The van der Waals surface area contributed by atoms with E-state index in [-0.39, 0.29) is 23.7 Å². The first-order chi connectivity index (χ1) is 13.1. The van der Waals surface area contributed by atoms with Gasteiger partial charge in [-0.25, -0.2) is 9.67 Å². The number of nitrogens with zero attached hydrogens (tertiary/aromatic N) is 4. The zero-order chi connectivity index (χ0) is 18.9. The quantitative estimate of drug-likeness (QED) is 0.896. The lowest BCUT2D eigenvalue weighted by Crippen LogP contribution is -2.53. The Kier molecular flexibility index (Phi) is 4.97. The minimum atomic E-state index is -0.306. The van der Waals surface area contributed by atoms with Gasteiger partial charge in [-0.3, -0.25) is 4.79 Å². The Bertz CT molecular complexity index is 784. The molecular weight excluding hydrogens is 344 g/mol. The van der Waals surface area contributed by atoms with Gasteiger partial charge < -0.3 is 14.7 Å². The van der Waals surface area contributed by atoms with E-state index < -0.39 is 0 Å². The van der Waals surface area contributed by atoms with Crippen LogP contribution in [0.3, 0.4) is 0 Å². The van der Waals surface area contributed by atoms with Crippen molar-refractivity contribution in [2.24, 2.45) is 0 Å². The van der Waals surface area contributed by atoms with Gasteiger partial charge in [-0.1, -0.05) is 19.1 Å². The Morgan fingerprint density at radius 3 is 2.81 bits per heavy atom. The summed E-state index contributed by atoms with van der Waals surface area (Å²) in [4.78, 5) is 19.0. The Morgan fingerprint density at radius 1 is 1.33 bits per heavy atom. The summed E-state index contributed by atoms with van der Waals surface area (Å²) in [6.07, 6.45) is 6.68. The fourth-order valence-electron chi connectivity index (χ4n) is 4.31. The number of benzene rings is 1. The van der Waals surface area contributed by atoms with Crippen LogP contribution in [-0.2, 0) is 4.74 Å². The third-order valence-corrected chi connectivity index (χ3v) is 5.78. The second kappa shape index (κ2) is 7.40. The number of aliphatic hydroxyl groups is 1. The number of piperidine rings is 1. The predicted octanol–water partition coefficient (Wildman–Crippen LogP) is 2.19. The number of likely N-dealkylation sites (tertiary alicyclic amines) is 1. The highest BCUT2D eigenvalue weighted by Gasteiger charge is 2.43. The number of aromatic nitrogens is 3. The molecule has 0 saturated carbocycles. The van der Waals surface area contributed by atoms with Crippen LogP contribution in [0.15, 0.2) is 36.9 Å². The van der Waals surface area contributed by atoms with Gasteiger partial charge in [0.15, 0.2) is 0 Å². The Labute approximate surface area is 159 Å². The van der Waals surface area contributed by atoms with Crippen LogP contribution in [0.1, 0.15) is 49.4 Å². The average Bonchev–Trinajstić information content (AvgIpc) is 3.22. The van der Waals surface area contributed by atoms with Gasteiger partial charge in [-0.2, -0.15) is 5.10 Å². The molecule has 7 nitrogen and oxygen atoms in total. The van der Waals surface area contributed by atoms with Crippen molar-refractivity contribution in [1.29, 1.82) is 0 Å². The van der Waals surface area contributed by atoms with Gasteiger partial charge in [0.1, 0.15) is 12.7 Å². The van der Waals surface area contributed by atoms with E-state index in [1.165, 1.54) is 6.33 Å². The van der Waals surface area contributed by atoms with Crippen LogP contribution in [0.4, 0.5) is 0 Å². The van der Waals surface area contributed by atoms with Gasteiger partial charge in [0.2, 0.25) is 0 Å². The molecule has 2 atom stereocenters. The molecule has 1 spiro atoms. The summed E-state index contributed by atoms with van der Waals surface area (Å²) in [5.41, 5.74) is 1.06. The number of rotatable bonds is 3. The molecule has 0 bridgehead atoms. The number of para-hydroxylation sites is 1. The van der Waals surface area contributed by atoms with E-state index in [1.807, 2.05) is 29.2 Å². The van der Waals surface area contributed by atoms with Crippen molar-refractivity contribution in [2.45, 2.75) is 56.8 Å². The summed E-state index contributed by atoms with van der Waals surface area (Å²) in [6.45, 7) is 3.36. The highest BCUT2D eigenvalue weighted by atomic mass is 16.5. The average molecular weight is 370 g/mol. The van der Waals surface area contributed by atoms with Crippen molar-refractivity contribution in [2.75, 3.05) is 13.1 Å². The van der Waals surface area contributed by atoms with E-state index in [1.54, 1.807) is 11.0 Å². The molecule has 1 aromatic heterocycles. The highest BCUT2D eigenvalue weighted by molar-refractivity contribution is 5.97. The molecule has 144 valence electrons. The molecule has 3 heterocycles. The Morgan fingerprint density at radius 2 is 2.11 bits per heavy atom. The van der Waals surface area contributed by atoms with E-state index in [0.29, 0.717) is 31.5 Å². The third kappa shape index (κ3) is 3.61. The molecule has 2 aromatic rings. The lowest BCUT2D eigenvalue weighted by atomic mass is 9.81. The first kappa shape index (κ1) is 18.1. The zero-order valence-corrected chi connectivity index (χ0v) is 15.6. The summed E-state index contributed by atoms with van der Waals surface area (Å²) >= 11 is 0. The Balaban J connectivity index is 1.49. The summed E-state index contributed by atoms with van der Waals surface area (Å²) in [5, 5.41) is 14.4. The van der Waals surface area contributed by atoms with Crippen molar-refractivity contribution in [3.05, 3.63) is 42.5 Å². The molecule has 2 aliphatic rings. The molecule has 1 amide bonds. The summed E-state index contributed by atoms with van der Waals surface area (Å²) in [5.74, 6) is -0.000602. The summed E-state index contributed by atoms with van der Waals surface area (Å²) < 4.78 is 7.95. The summed E-state index contributed by atoms with van der Waals surface area (Å²) in [6, 6.07) is 7.46. The fraction of sp³-hybridized carbons (Fsp3) is 0.550. The van der Waals surface area contributed by atoms with Gasteiger partial charge in [0.05, 0.1) is 29.1 Å². The predicted molar refractivity (Wildman–Crippen MR) is 99.6 cm³/mol. The zero-order valence-electron chi connectivity index (χ0n) is 15.6. The van der Waals surface area contributed by atoms with Crippen LogP contribution < -0.4 is 0 Å². The van der Waals surface area contributed by atoms with Crippen molar-refractivity contribution < 1.29 is 14.6 Å².